The highest BCUT2D eigenvalue weighted by molar-refractivity contribution is 9.10. The third-order valence-electron chi connectivity index (χ3n) is 3.16. The van der Waals surface area contributed by atoms with E-state index in [2.05, 4.69) is 58.5 Å². The van der Waals surface area contributed by atoms with Crippen LogP contribution in [0.1, 0.15) is 24.1 Å². The minimum absolute atomic E-state index is 0.304. The summed E-state index contributed by atoms with van der Waals surface area (Å²) in [7, 11) is 1.71. The predicted molar refractivity (Wildman–Crippen MR) is 82.4 cm³/mol. The Labute approximate surface area is 122 Å². The van der Waals surface area contributed by atoms with Crippen LogP contribution in [0.3, 0.4) is 0 Å². The van der Waals surface area contributed by atoms with Gasteiger partial charge in [0.1, 0.15) is 5.75 Å². The minimum atomic E-state index is 0.304. The van der Waals surface area contributed by atoms with Crippen LogP contribution in [0.25, 0.3) is 0 Å². The molecule has 3 heteroatoms. The molecule has 0 spiro atoms. The van der Waals surface area contributed by atoms with Crippen molar-refractivity contribution < 1.29 is 4.74 Å². The van der Waals surface area contributed by atoms with E-state index >= 15 is 0 Å². The molecule has 2 nitrogen and oxygen atoms in total. The van der Waals surface area contributed by atoms with Gasteiger partial charge >= 0.3 is 0 Å². The minimum Gasteiger partial charge on any atom is -0.496 e. The molecule has 0 aliphatic rings. The molecule has 100 valence electrons. The molecule has 2 aromatic rings. The number of methoxy groups -OCH3 is 1. The number of rotatable bonds is 5. The van der Waals surface area contributed by atoms with E-state index in [0.29, 0.717) is 6.04 Å². The van der Waals surface area contributed by atoms with Gasteiger partial charge in [-0.2, -0.15) is 0 Å². The Morgan fingerprint density at radius 1 is 1.11 bits per heavy atom. The first-order chi connectivity index (χ1) is 9.20. The van der Waals surface area contributed by atoms with Crippen molar-refractivity contribution in [2.24, 2.45) is 0 Å². The largest absolute Gasteiger partial charge is 0.496 e. The first-order valence-electron chi connectivity index (χ1n) is 6.31. The van der Waals surface area contributed by atoms with Gasteiger partial charge in [-0.25, -0.2) is 0 Å². The van der Waals surface area contributed by atoms with Crippen LogP contribution >= 0.6 is 15.9 Å². The van der Waals surface area contributed by atoms with E-state index in [9.17, 15) is 0 Å². The fourth-order valence-corrected chi connectivity index (χ4v) is 2.25. The van der Waals surface area contributed by atoms with Gasteiger partial charge in [-0.1, -0.05) is 46.3 Å². The number of para-hydroxylation sites is 1. The summed E-state index contributed by atoms with van der Waals surface area (Å²) in [6.07, 6.45) is 0. The molecule has 0 radical (unpaired) electrons. The van der Waals surface area contributed by atoms with Gasteiger partial charge in [-0.15, -0.1) is 0 Å². The zero-order valence-corrected chi connectivity index (χ0v) is 12.8. The highest BCUT2D eigenvalue weighted by atomic mass is 79.9. The molecule has 0 aliphatic carbocycles. The van der Waals surface area contributed by atoms with Crippen molar-refractivity contribution in [2.45, 2.75) is 19.5 Å². The van der Waals surface area contributed by atoms with Gasteiger partial charge in [-0.3, -0.25) is 0 Å². The van der Waals surface area contributed by atoms with Crippen LogP contribution in [0.15, 0.2) is 53.0 Å². The molecule has 0 bridgehead atoms. The first-order valence-corrected chi connectivity index (χ1v) is 7.10. The van der Waals surface area contributed by atoms with E-state index < -0.39 is 0 Å². The predicted octanol–water partition coefficient (Wildman–Crippen LogP) is 4.31. The summed E-state index contributed by atoms with van der Waals surface area (Å²) in [4.78, 5) is 0. The molecule has 0 saturated carbocycles. The van der Waals surface area contributed by atoms with Gasteiger partial charge in [0, 0.05) is 22.6 Å². The third-order valence-corrected chi connectivity index (χ3v) is 3.69. The molecule has 0 heterocycles. The van der Waals surface area contributed by atoms with E-state index in [1.54, 1.807) is 7.11 Å². The van der Waals surface area contributed by atoms with Gasteiger partial charge in [0.05, 0.1) is 7.11 Å². The normalized spacial score (nSPS) is 12.2. The van der Waals surface area contributed by atoms with Crippen LogP contribution in [-0.2, 0) is 6.54 Å². The van der Waals surface area contributed by atoms with Crippen molar-refractivity contribution in [1.82, 2.24) is 5.32 Å². The fourth-order valence-electron chi connectivity index (χ4n) is 1.98. The molecule has 0 aliphatic heterocycles. The summed E-state index contributed by atoms with van der Waals surface area (Å²) in [5.41, 5.74) is 2.45. The van der Waals surface area contributed by atoms with Crippen LogP contribution < -0.4 is 10.1 Å². The summed E-state index contributed by atoms with van der Waals surface area (Å²) < 4.78 is 6.46. The molecule has 2 rings (SSSR count). The maximum atomic E-state index is 5.35. The van der Waals surface area contributed by atoms with Crippen LogP contribution in [0.2, 0.25) is 0 Å². The van der Waals surface area contributed by atoms with Crippen molar-refractivity contribution in [3.63, 3.8) is 0 Å². The fraction of sp³-hybridized carbons (Fsp3) is 0.250. The third kappa shape index (κ3) is 3.82. The van der Waals surface area contributed by atoms with Gasteiger partial charge in [-0.05, 0) is 30.7 Å². The summed E-state index contributed by atoms with van der Waals surface area (Å²) in [5.74, 6) is 0.929. The van der Waals surface area contributed by atoms with Crippen LogP contribution in [0, 0.1) is 0 Å². The van der Waals surface area contributed by atoms with Crippen molar-refractivity contribution in [2.75, 3.05) is 7.11 Å². The van der Waals surface area contributed by atoms with Gasteiger partial charge in [0.25, 0.3) is 0 Å². The first kappa shape index (κ1) is 14.1. The number of hydrogen-bond donors (Lipinski definition) is 1. The number of ether oxygens (including phenoxy) is 1. The number of benzene rings is 2. The Bertz CT molecular complexity index is 525. The maximum Gasteiger partial charge on any atom is 0.123 e. The van der Waals surface area contributed by atoms with Crippen LogP contribution in [0.4, 0.5) is 0 Å². The lowest BCUT2D eigenvalue weighted by Gasteiger charge is -2.16. The second-order valence-corrected chi connectivity index (χ2v) is 5.38. The van der Waals surface area contributed by atoms with Crippen LogP contribution in [-0.4, -0.2) is 7.11 Å². The SMILES string of the molecule is COc1ccccc1CNC(C)c1ccc(Br)cc1. The van der Waals surface area contributed by atoms with Crippen LogP contribution in [0.5, 0.6) is 5.75 Å². The molecular formula is C16H18BrNO. The Kier molecular flexibility index (Phi) is 5.00. The Morgan fingerprint density at radius 2 is 1.79 bits per heavy atom. The molecule has 0 fully saturated rings. The molecule has 1 atom stereocenters. The van der Waals surface area contributed by atoms with Crippen molar-refractivity contribution >= 4 is 15.9 Å². The highest BCUT2D eigenvalue weighted by Crippen LogP contribution is 2.20. The summed E-state index contributed by atoms with van der Waals surface area (Å²) in [5, 5.41) is 3.51. The Morgan fingerprint density at radius 3 is 2.47 bits per heavy atom. The Hall–Kier alpha value is -1.32. The quantitative estimate of drug-likeness (QED) is 0.886. The van der Waals surface area contributed by atoms with E-state index in [4.69, 9.17) is 4.74 Å². The summed E-state index contributed by atoms with van der Waals surface area (Å²) in [6.45, 7) is 2.96. The molecule has 1 N–H and O–H groups in total. The van der Waals surface area contributed by atoms with Crippen molar-refractivity contribution in [3.8, 4) is 5.75 Å². The summed E-state index contributed by atoms with van der Waals surface area (Å²) >= 11 is 3.45. The lowest BCUT2D eigenvalue weighted by molar-refractivity contribution is 0.406. The average molecular weight is 320 g/mol. The maximum absolute atomic E-state index is 5.35. The summed E-state index contributed by atoms with van der Waals surface area (Å²) in [6, 6.07) is 16.8. The van der Waals surface area contributed by atoms with Gasteiger partial charge in [0.2, 0.25) is 0 Å². The molecule has 19 heavy (non-hydrogen) atoms. The standard InChI is InChI=1S/C16H18BrNO/c1-12(13-7-9-15(17)10-8-13)18-11-14-5-3-4-6-16(14)19-2/h3-10,12,18H,11H2,1-2H3. The second kappa shape index (κ2) is 6.73. The van der Waals surface area contributed by atoms with Gasteiger partial charge < -0.3 is 10.1 Å². The number of halogens is 1. The van der Waals surface area contributed by atoms with E-state index in [-0.39, 0.29) is 0 Å². The molecule has 0 amide bonds. The number of nitrogens with one attached hydrogen (secondary N) is 1. The van der Waals surface area contributed by atoms with Gasteiger partial charge in [0.15, 0.2) is 0 Å². The Balaban J connectivity index is 2.00. The van der Waals surface area contributed by atoms with E-state index in [0.717, 1.165) is 16.8 Å². The average Bonchev–Trinajstić information content (AvgIpc) is 2.45. The monoisotopic (exact) mass is 319 g/mol. The highest BCUT2D eigenvalue weighted by Gasteiger charge is 2.06. The van der Waals surface area contributed by atoms with E-state index in [1.165, 1.54) is 11.1 Å². The zero-order chi connectivity index (χ0) is 13.7. The lowest BCUT2D eigenvalue weighted by atomic mass is 10.1. The molecule has 0 saturated heterocycles. The smallest absolute Gasteiger partial charge is 0.123 e. The topological polar surface area (TPSA) is 21.3 Å². The molecule has 2 aromatic carbocycles. The molecule has 1 unspecified atom stereocenters. The van der Waals surface area contributed by atoms with Crippen molar-refractivity contribution in [1.29, 1.82) is 0 Å². The van der Waals surface area contributed by atoms with E-state index in [1.807, 2.05) is 18.2 Å². The van der Waals surface area contributed by atoms with Crippen molar-refractivity contribution in [3.05, 3.63) is 64.1 Å². The molecular weight excluding hydrogens is 302 g/mol. The number of hydrogen-bond acceptors (Lipinski definition) is 2. The lowest BCUT2D eigenvalue weighted by Crippen LogP contribution is -2.18. The second-order valence-electron chi connectivity index (χ2n) is 4.47. The zero-order valence-electron chi connectivity index (χ0n) is 11.2. The molecule has 0 aromatic heterocycles.